The second kappa shape index (κ2) is 5.52. The first kappa shape index (κ1) is 10.9. The molecule has 0 radical (unpaired) electrons. The Morgan fingerprint density at radius 3 is 2.86 bits per heavy atom. The van der Waals surface area contributed by atoms with Gasteiger partial charge < -0.3 is 10.8 Å². The summed E-state index contributed by atoms with van der Waals surface area (Å²) in [6.07, 6.45) is 0.965. The summed E-state index contributed by atoms with van der Waals surface area (Å²) in [6.45, 7) is 0.484. The summed E-state index contributed by atoms with van der Waals surface area (Å²) in [5.41, 5.74) is 6.97. The number of benzene rings is 1. The number of carbonyl (C=O) groups excluding carboxylic acids is 1. The topological polar surface area (TPSA) is 63.3 Å². The zero-order valence-electron chi connectivity index (χ0n) is 8.07. The van der Waals surface area contributed by atoms with Crippen molar-refractivity contribution < 1.29 is 9.90 Å². The first-order valence-corrected chi connectivity index (χ1v) is 4.71. The van der Waals surface area contributed by atoms with E-state index in [2.05, 4.69) is 0 Å². The Balaban J connectivity index is 2.77. The van der Waals surface area contributed by atoms with Crippen molar-refractivity contribution in [1.29, 1.82) is 0 Å². The molecule has 0 aliphatic carbocycles. The van der Waals surface area contributed by atoms with E-state index in [0.717, 1.165) is 5.56 Å². The number of hydrogen-bond acceptors (Lipinski definition) is 3. The lowest BCUT2D eigenvalue weighted by Gasteiger charge is -2.02. The minimum absolute atomic E-state index is 0.0623. The van der Waals surface area contributed by atoms with Crippen LogP contribution in [0.25, 0.3) is 0 Å². The highest BCUT2D eigenvalue weighted by atomic mass is 16.2. The van der Waals surface area contributed by atoms with Gasteiger partial charge >= 0.3 is 0 Å². The Morgan fingerprint density at radius 2 is 2.21 bits per heavy atom. The van der Waals surface area contributed by atoms with Crippen molar-refractivity contribution >= 4 is 5.78 Å². The predicted molar refractivity (Wildman–Crippen MR) is 55.2 cm³/mol. The van der Waals surface area contributed by atoms with Crippen molar-refractivity contribution in [3.8, 4) is 0 Å². The molecule has 0 aliphatic rings. The number of hydrogen-bond donors (Lipinski definition) is 2. The van der Waals surface area contributed by atoms with E-state index in [0.29, 0.717) is 24.9 Å². The zero-order chi connectivity index (χ0) is 10.4. The van der Waals surface area contributed by atoms with Crippen LogP contribution in [0.1, 0.15) is 22.3 Å². The second-order valence-corrected chi connectivity index (χ2v) is 3.14. The van der Waals surface area contributed by atoms with E-state index < -0.39 is 0 Å². The van der Waals surface area contributed by atoms with E-state index in [-0.39, 0.29) is 12.4 Å². The van der Waals surface area contributed by atoms with E-state index >= 15 is 0 Å². The van der Waals surface area contributed by atoms with E-state index in [9.17, 15) is 4.79 Å². The van der Waals surface area contributed by atoms with Gasteiger partial charge in [-0.3, -0.25) is 4.79 Å². The van der Waals surface area contributed by atoms with Crippen molar-refractivity contribution in [3.05, 3.63) is 35.4 Å². The van der Waals surface area contributed by atoms with Crippen molar-refractivity contribution in [1.82, 2.24) is 0 Å². The average Bonchev–Trinajstić information content (AvgIpc) is 2.19. The maximum Gasteiger partial charge on any atom is 0.164 e. The first-order valence-electron chi connectivity index (χ1n) is 4.71. The second-order valence-electron chi connectivity index (χ2n) is 3.14. The Kier molecular flexibility index (Phi) is 4.29. The van der Waals surface area contributed by atoms with Gasteiger partial charge in [0, 0.05) is 18.6 Å². The van der Waals surface area contributed by atoms with Gasteiger partial charge in [-0.1, -0.05) is 18.2 Å². The molecule has 1 aromatic rings. The fourth-order valence-corrected chi connectivity index (χ4v) is 1.30. The summed E-state index contributed by atoms with van der Waals surface area (Å²) in [5, 5.41) is 8.75. The summed E-state index contributed by atoms with van der Waals surface area (Å²) >= 11 is 0. The number of aliphatic hydroxyl groups excluding tert-OH is 1. The first-order chi connectivity index (χ1) is 6.77. The number of rotatable bonds is 5. The summed E-state index contributed by atoms with van der Waals surface area (Å²) in [6, 6.07) is 7.32. The fraction of sp³-hybridized carbons (Fsp3) is 0.364. The average molecular weight is 193 g/mol. The van der Waals surface area contributed by atoms with Crippen LogP contribution >= 0.6 is 0 Å². The highest BCUT2D eigenvalue weighted by molar-refractivity contribution is 5.96. The Hall–Kier alpha value is -1.19. The van der Waals surface area contributed by atoms with Crippen LogP contribution < -0.4 is 5.73 Å². The molecule has 0 heterocycles. The van der Waals surface area contributed by atoms with Crippen LogP contribution in [0.3, 0.4) is 0 Å². The third kappa shape index (κ3) is 2.94. The minimum atomic E-state index is 0.0623. The Bertz CT molecular complexity index is 310. The minimum Gasteiger partial charge on any atom is -0.396 e. The molecule has 0 aromatic heterocycles. The van der Waals surface area contributed by atoms with Gasteiger partial charge in [0.2, 0.25) is 0 Å². The fourth-order valence-electron chi connectivity index (χ4n) is 1.30. The van der Waals surface area contributed by atoms with Crippen LogP contribution in [0.2, 0.25) is 0 Å². The number of aliphatic hydroxyl groups is 1. The molecule has 0 spiro atoms. The lowest BCUT2D eigenvalue weighted by atomic mass is 10.0. The highest BCUT2D eigenvalue weighted by Crippen LogP contribution is 2.07. The molecule has 76 valence electrons. The molecule has 0 fully saturated rings. The van der Waals surface area contributed by atoms with Gasteiger partial charge in [0.25, 0.3) is 0 Å². The number of ketones is 1. The van der Waals surface area contributed by atoms with Gasteiger partial charge in [-0.05, 0) is 24.6 Å². The third-order valence-corrected chi connectivity index (χ3v) is 2.02. The van der Waals surface area contributed by atoms with Crippen LogP contribution in [0.5, 0.6) is 0 Å². The molecule has 0 saturated heterocycles. The Morgan fingerprint density at radius 1 is 1.43 bits per heavy atom. The van der Waals surface area contributed by atoms with Crippen LogP contribution in [-0.2, 0) is 6.42 Å². The molecule has 0 unspecified atom stereocenters. The Labute approximate surface area is 83.6 Å². The van der Waals surface area contributed by atoms with Gasteiger partial charge in [-0.25, -0.2) is 0 Å². The SMILES string of the molecule is NCCC(=O)c1cccc(CCO)c1. The van der Waals surface area contributed by atoms with Crippen molar-refractivity contribution in [2.45, 2.75) is 12.8 Å². The molecule has 14 heavy (non-hydrogen) atoms. The lowest BCUT2D eigenvalue weighted by molar-refractivity contribution is 0.0985. The molecule has 1 aromatic carbocycles. The van der Waals surface area contributed by atoms with Gasteiger partial charge in [0.05, 0.1) is 0 Å². The van der Waals surface area contributed by atoms with Crippen LogP contribution in [0.15, 0.2) is 24.3 Å². The van der Waals surface area contributed by atoms with Crippen LogP contribution in [0.4, 0.5) is 0 Å². The molecule has 3 N–H and O–H groups in total. The van der Waals surface area contributed by atoms with Crippen molar-refractivity contribution in [2.75, 3.05) is 13.2 Å². The normalized spacial score (nSPS) is 10.1. The summed E-state index contributed by atoms with van der Waals surface area (Å²) in [7, 11) is 0. The molecule has 1 rings (SSSR count). The summed E-state index contributed by atoms with van der Waals surface area (Å²) in [5.74, 6) is 0.0623. The van der Waals surface area contributed by atoms with E-state index in [1.54, 1.807) is 6.07 Å². The van der Waals surface area contributed by atoms with E-state index in [1.807, 2.05) is 18.2 Å². The van der Waals surface area contributed by atoms with Gasteiger partial charge in [-0.15, -0.1) is 0 Å². The quantitative estimate of drug-likeness (QED) is 0.678. The predicted octanol–water partition coefficient (Wildman–Crippen LogP) is 0.753. The number of Topliss-reactive ketones (excluding diaryl/α,β-unsaturated/α-hetero) is 1. The molecule has 0 saturated carbocycles. The molecular weight excluding hydrogens is 178 g/mol. The number of carbonyl (C=O) groups is 1. The maximum absolute atomic E-state index is 11.5. The molecule has 0 amide bonds. The summed E-state index contributed by atoms with van der Waals surface area (Å²) < 4.78 is 0. The molecule has 0 bridgehead atoms. The smallest absolute Gasteiger partial charge is 0.164 e. The third-order valence-electron chi connectivity index (χ3n) is 2.02. The van der Waals surface area contributed by atoms with E-state index in [4.69, 9.17) is 10.8 Å². The standard InChI is InChI=1S/C11H15NO2/c12-6-4-11(14)10-3-1-2-9(8-10)5-7-13/h1-3,8,13H,4-7,12H2. The largest absolute Gasteiger partial charge is 0.396 e. The van der Waals surface area contributed by atoms with Crippen LogP contribution in [-0.4, -0.2) is 24.0 Å². The van der Waals surface area contributed by atoms with Gasteiger partial charge in [0.15, 0.2) is 5.78 Å². The van der Waals surface area contributed by atoms with Crippen LogP contribution in [0, 0.1) is 0 Å². The lowest BCUT2D eigenvalue weighted by Crippen LogP contribution is -2.08. The summed E-state index contributed by atoms with van der Waals surface area (Å²) in [4.78, 5) is 11.5. The maximum atomic E-state index is 11.5. The molecule has 3 nitrogen and oxygen atoms in total. The monoisotopic (exact) mass is 193 g/mol. The van der Waals surface area contributed by atoms with E-state index in [1.165, 1.54) is 0 Å². The van der Waals surface area contributed by atoms with Gasteiger partial charge in [-0.2, -0.15) is 0 Å². The molecular formula is C11H15NO2. The molecule has 3 heteroatoms. The molecule has 0 aliphatic heterocycles. The molecule has 0 atom stereocenters. The van der Waals surface area contributed by atoms with Crippen molar-refractivity contribution in [2.24, 2.45) is 5.73 Å². The van der Waals surface area contributed by atoms with Crippen molar-refractivity contribution in [3.63, 3.8) is 0 Å². The highest BCUT2D eigenvalue weighted by Gasteiger charge is 2.04. The van der Waals surface area contributed by atoms with Gasteiger partial charge in [0.1, 0.15) is 0 Å². The number of nitrogens with two attached hydrogens (primary N) is 1. The zero-order valence-corrected chi connectivity index (χ0v) is 8.07.